The van der Waals surface area contributed by atoms with Crippen LogP contribution in [-0.2, 0) is 16.6 Å². The molecule has 0 spiro atoms. The molecule has 0 aliphatic rings. The summed E-state index contributed by atoms with van der Waals surface area (Å²) < 4.78 is 45.8. The summed E-state index contributed by atoms with van der Waals surface area (Å²) in [4.78, 5) is 4.41. The highest BCUT2D eigenvalue weighted by Gasteiger charge is 2.11. The molecule has 0 aromatic heterocycles. The summed E-state index contributed by atoms with van der Waals surface area (Å²) in [7, 11) is -3.42. The molecule has 164 valence electrons. The number of sulfonamides is 1. The molecule has 2 aromatic carbocycles. The summed E-state index contributed by atoms with van der Waals surface area (Å²) in [6.45, 7) is 5.16. The van der Waals surface area contributed by atoms with Gasteiger partial charge in [0.05, 0.1) is 12.3 Å². The Morgan fingerprint density at radius 3 is 2.60 bits per heavy atom. The molecule has 7 nitrogen and oxygen atoms in total. The lowest BCUT2D eigenvalue weighted by Crippen LogP contribution is -2.41. The van der Waals surface area contributed by atoms with Gasteiger partial charge in [0, 0.05) is 25.7 Å². The molecule has 0 amide bonds. The number of guanidine groups is 1. The second-order valence-corrected chi connectivity index (χ2v) is 8.58. The SMILES string of the molecule is CCNC(=NCC(C)Oc1cccc(F)c1)NCCS(=O)(=O)NCc1ccccc1. The van der Waals surface area contributed by atoms with E-state index < -0.39 is 10.0 Å². The van der Waals surface area contributed by atoms with Gasteiger partial charge in [0.2, 0.25) is 10.0 Å². The first-order chi connectivity index (χ1) is 14.4. The Kier molecular flexibility index (Phi) is 9.56. The van der Waals surface area contributed by atoms with Crippen molar-refractivity contribution in [3.05, 3.63) is 66.0 Å². The zero-order valence-electron chi connectivity index (χ0n) is 17.3. The van der Waals surface area contributed by atoms with Gasteiger partial charge in [-0.05, 0) is 31.5 Å². The molecule has 1 unspecified atom stereocenters. The molecule has 0 aliphatic heterocycles. The lowest BCUT2D eigenvalue weighted by atomic mass is 10.2. The fourth-order valence-electron chi connectivity index (χ4n) is 2.54. The number of rotatable bonds is 11. The number of hydrogen-bond acceptors (Lipinski definition) is 4. The normalized spacial score (nSPS) is 13.0. The zero-order valence-corrected chi connectivity index (χ0v) is 18.1. The maximum absolute atomic E-state index is 13.2. The molecule has 0 aliphatic carbocycles. The predicted octanol–water partition coefficient (Wildman–Crippen LogP) is 2.27. The van der Waals surface area contributed by atoms with Gasteiger partial charge in [0.15, 0.2) is 5.96 Å². The van der Waals surface area contributed by atoms with Crippen LogP contribution in [0.4, 0.5) is 4.39 Å². The van der Waals surface area contributed by atoms with E-state index in [0.29, 0.717) is 24.8 Å². The Balaban J connectivity index is 1.79. The Morgan fingerprint density at radius 2 is 1.90 bits per heavy atom. The van der Waals surface area contributed by atoms with E-state index in [1.807, 2.05) is 44.2 Å². The number of benzene rings is 2. The molecule has 3 N–H and O–H groups in total. The fourth-order valence-corrected chi connectivity index (χ4v) is 3.44. The third-order valence-electron chi connectivity index (χ3n) is 3.99. The number of nitrogens with one attached hydrogen (secondary N) is 3. The van der Waals surface area contributed by atoms with Crippen molar-refractivity contribution < 1.29 is 17.5 Å². The number of hydrogen-bond donors (Lipinski definition) is 3. The summed E-state index contributed by atoms with van der Waals surface area (Å²) in [5.41, 5.74) is 0.899. The third-order valence-corrected chi connectivity index (χ3v) is 5.31. The fraction of sp³-hybridized carbons (Fsp3) is 0.381. The average molecular weight is 437 g/mol. The maximum atomic E-state index is 13.2. The lowest BCUT2D eigenvalue weighted by molar-refractivity contribution is 0.229. The van der Waals surface area contributed by atoms with Crippen molar-refractivity contribution in [1.29, 1.82) is 0 Å². The molecule has 30 heavy (non-hydrogen) atoms. The second kappa shape index (κ2) is 12.1. The topological polar surface area (TPSA) is 91.8 Å². The third kappa shape index (κ3) is 9.23. The Bertz CT molecular complexity index is 907. The van der Waals surface area contributed by atoms with Crippen LogP contribution in [0.1, 0.15) is 19.4 Å². The van der Waals surface area contributed by atoms with Crippen LogP contribution < -0.4 is 20.1 Å². The van der Waals surface area contributed by atoms with Crippen LogP contribution in [0, 0.1) is 5.82 Å². The van der Waals surface area contributed by atoms with Gasteiger partial charge < -0.3 is 15.4 Å². The van der Waals surface area contributed by atoms with Crippen LogP contribution >= 0.6 is 0 Å². The van der Waals surface area contributed by atoms with Gasteiger partial charge in [-0.2, -0.15) is 0 Å². The van der Waals surface area contributed by atoms with E-state index in [1.165, 1.54) is 12.1 Å². The van der Waals surface area contributed by atoms with Gasteiger partial charge in [-0.3, -0.25) is 0 Å². The maximum Gasteiger partial charge on any atom is 0.213 e. The molecule has 0 heterocycles. The van der Waals surface area contributed by atoms with Crippen LogP contribution in [0.2, 0.25) is 0 Å². The summed E-state index contributed by atoms with van der Waals surface area (Å²) >= 11 is 0. The van der Waals surface area contributed by atoms with E-state index in [-0.39, 0.29) is 30.8 Å². The molecule has 0 fully saturated rings. The van der Waals surface area contributed by atoms with E-state index in [1.54, 1.807) is 12.1 Å². The van der Waals surface area contributed by atoms with Crippen LogP contribution in [-0.4, -0.2) is 45.9 Å². The summed E-state index contributed by atoms with van der Waals surface area (Å²) in [6.07, 6.45) is -0.279. The van der Waals surface area contributed by atoms with Crippen molar-refractivity contribution in [2.45, 2.75) is 26.5 Å². The minimum atomic E-state index is -3.42. The number of halogens is 1. The van der Waals surface area contributed by atoms with Gasteiger partial charge in [-0.1, -0.05) is 36.4 Å². The number of aliphatic imine (C=N–C) groups is 1. The molecule has 0 bridgehead atoms. The van der Waals surface area contributed by atoms with Crippen molar-refractivity contribution in [3.63, 3.8) is 0 Å². The van der Waals surface area contributed by atoms with Crippen molar-refractivity contribution in [3.8, 4) is 5.75 Å². The van der Waals surface area contributed by atoms with Gasteiger partial charge in [0.1, 0.15) is 17.7 Å². The summed E-state index contributed by atoms with van der Waals surface area (Å²) in [6, 6.07) is 15.3. The second-order valence-electron chi connectivity index (χ2n) is 6.66. The van der Waals surface area contributed by atoms with Crippen LogP contribution in [0.15, 0.2) is 59.6 Å². The largest absolute Gasteiger partial charge is 0.489 e. The summed E-state index contributed by atoms with van der Waals surface area (Å²) in [5.74, 6) is 0.483. The highest BCUT2D eigenvalue weighted by Crippen LogP contribution is 2.13. The zero-order chi connectivity index (χ0) is 21.8. The smallest absolute Gasteiger partial charge is 0.213 e. The first kappa shape index (κ1) is 23.6. The van der Waals surface area contributed by atoms with Crippen molar-refractivity contribution in [1.82, 2.24) is 15.4 Å². The molecule has 2 rings (SSSR count). The molecule has 0 saturated heterocycles. The van der Waals surface area contributed by atoms with E-state index in [9.17, 15) is 12.8 Å². The Hall–Kier alpha value is -2.65. The van der Waals surface area contributed by atoms with Crippen LogP contribution in [0.5, 0.6) is 5.75 Å². The molecular formula is C21H29FN4O3S. The summed E-state index contributed by atoms with van der Waals surface area (Å²) in [5, 5.41) is 6.07. The monoisotopic (exact) mass is 436 g/mol. The number of nitrogens with zero attached hydrogens (tertiary/aromatic N) is 1. The van der Waals surface area contributed by atoms with Crippen LogP contribution in [0.25, 0.3) is 0 Å². The van der Waals surface area contributed by atoms with Gasteiger partial charge in [-0.25, -0.2) is 22.5 Å². The van der Waals surface area contributed by atoms with Crippen LogP contribution in [0.3, 0.4) is 0 Å². The lowest BCUT2D eigenvalue weighted by Gasteiger charge is -2.15. The first-order valence-electron chi connectivity index (χ1n) is 9.83. The Morgan fingerprint density at radius 1 is 1.13 bits per heavy atom. The number of ether oxygens (including phenoxy) is 1. The van der Waals surface area contributed by atoms with Crippen molar-refractivity contribution in [2.75, 3.05) is 25.4 Å². The molecule has 2 aromatic rings. The van der Waals surface area contributed by atoms with Gasteiger partial charge in [0.25, 0.3) is 0 Å². The standard InChI is InChI=1S/C21H29FN4O3S/c1-3-23-21(25-15-17(2)29-20-11-7-10-19(22)14-20)24-12-13-30(27,28)26-16-18-8-5-4-6-9-18/h4-11,14,17,26H,3,12-13,15-16H2,1-2H3,(H2,23,24,25). The molecular weight excluding hydrogens is 407 g/mol. The molecule has 0 saturated carbocycles. The van der Waals surface area contributed by atoms with Gasteiger partial charge >= 0.3 is 0 Å². The molecule has 1 atom stereocenters. The van der Waals surface area contributed by atoms with E-state index in [4.69, 9.17) is 4.74 Å². The van der Waals surface area contributed by atoms with E-state index in [2.05, 4.69) is 20.3 Å². The molecule has 0 radical (unpaired) electrons. The molecule has 9 heteroatoms. The average Bonchev–Trinajstić information content (AvgIpc) is 2.71. The van der Waals surface area contributed by atoms with Crippen molar-refractivity contribution >= 4 is 16.0 Å². The first-order valence-corrected chi connectivity index (χ1v) is 11.5. The van der Waals surface area contributed by atoms with E-state index in [0.717, 1.165) is 5.56 Å². The quantitative estimate of drug-likeness (QED) is 0.371. The highest BCUT2D eigenvalue weighted by atomic mass is 32.2. The van der Waals surface area contributed by atoms with Crippen molar-refractivity contribution in [2.24, 2.45) is 4.99 Å². The Labute approximate surface area is 177 Å². The van der Waals surface area contributed by atoms with Gasteiger partial charge in [-0.15, -0.1) is 0 Å². The minimum absolute atomic E-state index is 0.0837. The minimum Gasteiger partial charge on any atom is -0.489 e. The van der Waals surface area contributed by atoms with E-state index >= 15 is 0 Å². The highest BCUT2D eigenvalue weighted by molar-refractivity contribution is 7.89. The predicted molar refractivity (Wildman–Crippen MR) is 118 cm³/mol.